The van der Waals surface area contributed by atoms with Crippen LogP contribution in [0.15, 0.2) is 42.5 Å². The van der Waals surface area contributed by atoms with Gasteiger partial charge >= 0.3 is 6.03 Å². The second kappa shape index (κ2) is 8.24. The summed E-state index contributed by atoms with van der Waals surface area (Å²) in [6.07, 6.45) is 0.129. The van der Waals surface area contributed by atoms with Gasteiger partial charge in [0.15, 0.2) is 0 Å². The highest BCUT2D eigenvalue weighted by atomic mass is 19.1. The molecular formula is C20H23F2N3O2. The van der Waals surface area contributed by atoms with E-state index in [0.717, 1.165) is 23.6 Å². The molecule has 1 heterocycles. The predicted octanol–water partition coefficient (Wildman–Crippen LogP) is 4.11. The first kappa shape index (κ1) is 18.9. The summed E-state index contributed by atoms with van der Waals surface area (Å²) in [5.41, 5.74) is 1.04. The maximum absolute atomic E-state index is 13.7. The second-order valence-corrected chi connectivity index (χ2v) is 6.69. The fourth-order valence-corrected chi connectivity index (χ4v) is 2.96. The number of carbonyl (C=O) groups is 1. The number of rotatable bonds is 4. The van der Waals surface area contributed by atoms with Crippen molar-refractivity contribution in [3.8, 4) is 5.75 Å². The van der Waals surface area contributed by atoms with Crippen molar-refractivity contribution in [3.05, 3.63) is 54.1 Å². The van der Waals surface area contributed by atoms with Crippen LogP contribution in [-0.4, -0.2) is 43.2 Å². The van der Waals surface area contributed by atoms with Crippen molar-refractivity contribution in [1.29, 1.82) is 0 Å². The van der Waals surface area contributed by atoms with Gasteiger partial charge in [-0.1, -0.05) is 0 Å². The zero-order chi connectivity index (χ0) is 19.4. The molecular weight excluding hydrogens is 352 g/mol. The number of urea groups is 1. The number of amides is 2. The average molecular weight is 375 g/mol. The minimum Gasteiger partial charge on any atom is -0.491 e. The van der Waals surface area contributed by atoms with Gasteiger partial charge in [0.05, 0.1) is 11.8 Å². The Balaban J connectivity index is 1.54. The highest BCUT2D eigenvalue weighted by Gasteiger charge is 2.22. The Morgan fingerprint density at radius 2 is 1.70 bits per heavy atom. The van der Waals surface area contributed by atoms with Gasteiger partial charge in [0.25, 0.3) is 0 Å². The summed E-state index contributed by atoms with van der Waals surface area (Å²) in [4.78, 5) is 16.1. The number of nitrogens with one attached hydrogen (secondary N) is 1. The van der Waals surface area contributed by atoms with Gasteiger partial charge in [-0.2, -0.15) is 0 Å². The van der Waals surface area contributed by atoms with Gasteiger partial charge in [0.2, 0.25) is 0 Å². The number of piperazine rings is 1. The SMILES string of the molecule is CC(C)Oc1ccc(N2CCN(C(=O)Nc3ccc(F)cc3F)CC2)cc1. The molecule has 0 aliphatic carbocycles. The van der Waals surface area contributed by atoms with E-state index in [1.807, 2.05) is 38.1 Å². The number of hydrogen-bond acceptors (Lipinski definition) is 3. The molecule has 0 radical (unpaired) electrons. The molecule has 0 spiro atoms. The van der Waals surface area contributed by atoms with E-state index in [4.69, 9.17) is 4.74 Å². The maximum Gasteiger partial charge on any atom is 0.322 e. The summed E-state index contributed by atoms with van der Waals surface area (Å²) in [6.45, 7) is 6.33. The highest BCUT2D eigenvalue weighted by Crippen LogP contribution is 2.22. The van der Waals surface area contributed by atoms with Crippen molar-refractivity contribution in [2.75, 3.05) is 36.4 Å². The molecule has 0 unspecified atom stereocenters. The predicted molar refractivity (Wildman–Crippen MR) is 101 cm³/mol. The van der Waals surface area contributed by atoms with E-state index in [0.29, 0.717) is 26.2 Å². The second-order valence-electron chi connectivity index (χ2n) is 6.69. The Kier molecular flexibility index (Phi) is 5.78. The minimum atomic E-state index is -0.786. The van der Waals surface area contributed by atoms with Crippen LogP contribution in [0.2, 0.25) is 0 Å². The summed E-state index contributed by atoms with van der Waals surface area (Å²) in [5.74, 6) is -0.636. The van der Waals surface area contributed by atoms with E-state index in [2.05, 4.69) is 10.2 Å². The molecule has 1 aliphatic heterocycles. The largest absolute Gasteiger partial charge is 0.491 e. The quantitative estimate of drug-likeness (QED) is 0.875. The third-order valence-corrected chi connectivity index (χ3v) is 4.31. The molecule has 3 rings (SSSR count). The topological polar surface area (TPSA) is 44.8 Å². The number of halogens is 2. The molecule has 0 saturated carbocycles. The molecule has 1 N–H and O–H groups in total. The number of nitrogens with zero attached hydrogens (tertiary/aromatic N) is 2. The Labute approximate surface area is 157 Å². The van der Waals surface area contributed by atoms with Crippen molar-refractivity contribution in [3.63, 3.8) is 0 Å². The third kappa shape index (κ3) is 4.87. The van der Waals surface area contributed by atoms with Crippen LogP contribution in [0.5, 0.6) is 5.75 Å². The summed E-state index contributed by atoms with van der Waals surface area (Å²) in [5, 5.41) is 2.50. The molecule has 0 bridgehead atoms. The highest BCUT2D eigenvalue weighted by molar-refractivity contribution is 5.89. The van der Waals surface area contributed by atoms with E-state index < -0.39 is 11.6 Å². The van der Waals surface area contributed by atoms with Crippen LogP contribution in [0.4, 0.5) is 25.0 Å². The number of anilines is 2. The molecule has 144 valence electrons. The van der Waals surface area contributed by atoms with E-state index in [-0.39, 0.29) is 17.8 Å². The Morgan fingerprint density at radius 1 is 1.04 bits per heavy atom. The van der Waals surface area contributed by atoms with Gasteiger partial charge in [-0.05, 0) is 50.2 Å². The molecule has 27 heavy (non-hydrogen) atoms. The van der Waals surface area contributed by atoms with E-state index >= 15 is 0 Å². The Morgan fingerprint density at radius 3 is 2.30 bits per heavy atom. The first-order valence-corrected chi connectivity index (χ1v) is 8.95. The fourth-order valence-electron chi connectivity index (χ4n) is 2.96. The van der Waals surface area contributed by atoms with Crippen molar-refractivity contribution in [2.45, 2.75) is 20.0 Å². The molecule has 0 atom stereocenters. The molecule has 1 fully saturated rings. The lowest BCUT2D eigenvalue weighted by Crippen LogP contribution is -2.50. The molecule has 2 aromatic carbocycles. The summed E-state index contributed by atoms with van der Waals surface area (Å²) >= 11 is 0. The zero-order valence-electron chi connectivity index (χ0n) is 15.4. The molecule has 2 aromatic rings. The minimum absolute atomic E-state index is 0.0235. The van der Waals surface area contributed by atoms with Gasteiger partial charge in [-0.25, -0.2) is 13.6 Å². The lowest BCUT2D eigenvalue weighted by molar-refractivity contribution is 0.208. The van der Waals surface area contributed by atoms with Crippen LogP contribution >= 0.6 is 0 Å². The number of ether oxygens (including phenoxy) is 1. The average Bonchev–Trinajstić information content (AvgIpc) is 2.64. The normalized spacial score (nSPS) is 14.4. The third-order valence-electron chi connectivity index (χ3n) is 4.31. The van der Waals surface area contributed by atoms with Crippen LogP contribution in [0.1, 0.15) is 13.8 Å². The summed E-state index contributed by atoms with van der Waals surface area (Å²) in [7, 11) is 0. The lowest BCUT2D eigenvalue weighted by Gasteiger charge is -2.36. The fraction of sp³-hybridized carbons (Fsp3) is 0.350. The zero-order valence-corrected chi connectivity index (χ0v) is 15.4. The molecule has 5 nitrogen and oxygen atoms in total. The lowest BCUT2D eigenvalue weighted by atomic mass is 10.2. The summed E-state index contributed by atoms with van der Waals surface area (Å²) < 4.78 is 32.3. The van der Waals surface area contributed by atoms with Crippen molar-refractivity contribution in [2.24, 2.45) is 0 Å². The smallest absolute Gasteiger partial charge is 0.322 e. The number of benzene rings is 2. The van der Waals surface area contributed by atoms with E-state index in [1.54, 1.807) is 4.90 Å². The van der Waals surface area contributed by atoms with Gasteiger partial charge in [0, 0.05) is 37.9 Å². The molecule has 1 aliphatic rings. The van der Waals surface area contributed by atoms with Crippen molar-refractivity contribution < 1.29 is 18.3 Å². The molecule has 7 heteroatoms. The number of hydrogen-bond donors (Lipinski definition) is 1. The Hall–Kier alpha value is -2.83. The van der Waals surface area contributed by atoms with Gasteiger partial charge < -0.3 is 19.9 Å². The van der Waals surface area contributed by atoms with Crippen LogP contribution in [0, 0.1) is 11.6 Å². The van der Waals surface area contributed by atoms with Gasteiger partial charge in [-0.15, -0.1) is 0 Å². The molecule has 2 amide bonds. The Bertz CT molecular complexity index is 788. The van der Waals surface area contributed by atoms with Crippen molar-refractivity contribution >= 4 is 17.4 Å². The van der Waals surface area contributed by atoms with Crippen LogP contribution in [0.3, 0.4) is 0 Å². The van der Waals surface area contributed by atoms with Gasteiger partial charge in [0.1, 0.15) is 17.4 Å². The van der Waals surface area contributed by atoms with Crippen LogP contribution < -0.4 is 15.0 Å². The maximum atomic E-state index is 13.7. The first-order valence-electron chi connectivity index (χ1n) is 8.95. The first-order chi connectivity index (χ1) is 12.9. The molecule has 1 saturated heterocycles. The molecule has 0 aromatic heterocycles. The number of carbonyl (C=O) groups excluding carboxylic acids is 1. The van der Waals surface area contributed by atoms with Crippen LogP contribution in [-0.2, 0) is 0 Å². The van der Waals surface area contributed by atoms with Crippen LogP contribution in [0.25, 0.3) is 0 Å². The van der Waals surface area contributed by atoms with E-state index in [9.17, 15) is 13.6 Å². The summed E-state index contributed by atoms with van der Waals surface area (Å²) in [6, 6.07) is 10.6. The monoisotopic (exact) mass is 375 g/mol. The van der Waals surface area contributed by atoms with Crippen molar-refractivity contribution in [1.82, 2.24) is 4.90 Å². The van der Waals surface area contributed by atoms with E-state index in [1.165, 1.54) is 6.07 Å². The standard InChI is InChI=1S/C20H23F2N3O2/c1-14(2)27-17-6-4-16(5-7-17)24-9-11-25(12-10-24)20(26)23-19-8-3-15(21)13-18(19)22/h3-8,13-14H,9-12H2,1-2H3,(H,23,26). The van der Waals surface area contributed by atoms with Gasteiger partial charge in [-0.3, -0.25) is 0 Å².